The highest BCUT2D eigenvalue weighted by atomic mass is 16.5. The standard InChI is InChI=1S/C20H25NO2/c1-20(2,3)21-19(22)14-18(15-8-6-5-7-9-15)16-10-12-17(23-4)13-11-16/h5-13,18H,14H2,1-4H3,(H,21,22)/t18-/m1/s1. The molecule has 0 aliphatic heterocycles. The molecule has 1 N–H and O–H groups in total. The number of hydrogen-bond donors (Lipinski definition) is 1. The lowest BCUT2D eigenvalue weighted by molar-refractivity contribution is -0.122. The monoisotopic (exact) mass is 311 g/mol. The number of nitrogens with one attached hydrogen (secondary N) is 1. The van der Waals surface area contributed by atoms with Crippen LogP contribution in [0.4, 0.5) is 0 Å². The highest BCUT2D eigenvalue weighted by molar-refractivity contribution is 5.78. The molecule has 2 aromatic rings. The van der Waals surface area contributed by atoms with Crippen LogP contribution in [0.5, 0.6) is 5.75 Å². The zero-order valence-corrected chi connectivity index (χ0v) is 14.3. The van der Waals surface area contributed by atoms with Crippen molar-refractivity contribution in [2.24, 2.45) is 0 Å². The molecule has 0 spiro atoms. The molecule has 0 saturated heterocycles. The molecule has 0 bridgehead atoms. The van der Waals surface area contributed by atoms with Gasteiger partial charge in [0, 0.05) is 17.9 Å². The minimum Gasteiger partial charge on any atom is -0.497 e. The smallest absolute Gasteiger partial charge is 0.221 e. The van der Waals surface area contributed by atoms with Crippen molar-refractivity contribution in [2.75, 3.05) is 7.11 Å². The fraction of sp³-hybridized carbons (Fsp3) is 0.350. The summed E-state index contributed by atoms with van der Waals surface area (Å²) in [5, 5.41) is 3.05. The zero-order chi connectivity index (χ0) is 16.9. The normalized spacial score (nSPS) is 12.5. The van der Waals surface area contributed by atoms with E-state index in [1.807, 2.05) is 63.2 Å². The molecule has 0 fully saturated rings. The maximum atomic E-state index is 12.4. The fourth-order valence-corrected chi connectivity index (χ4v) is 2.60. The Bertz CT molecular complexity index is 627. The summed E-state index contributed by atoms with van der Waals surface area (Å²) in [5.74, 6) is 0.909. The Morgan fingerprint density at radius 3 is 2.09 bits per heavy atom. The van der Waals surface area contributed by atoms with Crippen LogP contribution in [-0.4, -0.2) is 18.6 Å². The number of amides is 1. The summed E-state index contributed by atoms with van der Waals surface area (Å²) in [6.07, 6.45) is 0.424. The van der Waals surface area contributed by atoms with E-state index in [-0.39, 0.29) is 17.4 Å². The van der Waals surface area contributed by atoms with Crippen molar-refractivity contribution in [2.45, 2.75) is 38.6 Å². The maximum Gasteiger partial charge on any atom is 0.221 e. The Hall–Kier alpha value is -2.29. The molecule has 0 aliphatic carbocycles. The lowest BCUT2D eigenvalue weighted by Crippen LogP contribution is -2.41. The van der Waals surface area contributed by atoms with Gasteiger partial charge in [0.1, 0.15) is 5.75 Å². The molecule has 3 heteroatoms. The van der Waals surface area contributed by atoms with E-state index in [0.717, 1.165) is 16.9 Å². The van der Waals surface area contributed by atoms with Crippen molar-refractivity contribution < 1.29 is 9.53 Å². The first-order valence-electron chi connectivity index (χ1n) is 7.89. The van der Waals surface area contributed by atoms with Crippen LogP contribution in [0.15, 0.2) is 54.6 Å². The second-order valence-corrected chi connectivity index (χ2v) is 6.74. The van der Waals surface area contributed by atoms with E-state index < -0.39 is 0 Å². The molecule has 2 aromatic carbocycles. The SMILES string of the molecule is COc1ccc([C@H](CC(=O)NC(C)(C)C)c2ccccc2)cc1. The molecule has 0 radical (unpaired) electrons. The third kappa shape index (κ3) is 5.13. The van der Waals surface area contributed by atoms with E-state index in [1.54, 1.807) is 7.11 Å². The number of carbonyl (C=O) groups is 1. The lowest BCUT2D eigenvalue weighted by Gasteiger charge is -2.24. The Labute approximate surface area is 138 Å². The molecule has 0 heterocycles. The molecule has 1 amide bonds. The topological polar surface area (TPSA) is 38.3 Å². The van der Waals surface area contributed by atoms with Gasteiger partial charge in [-0.1, -0.05) is 42.5 Å². The largest absolute Gasteiger partial charge is 0.497 e. The maximum absolute atomic E-state index is 12.4. The van der Waals surface area contributed by atoms with Gasteiger partial charge < -0.3 is 10.1 Å². The molecule has 1 atom stereocenters. The number of rotatable bonds is 5. The van der Waals surface area contributed by atoms with E-state index in [2.05, 4.69) is 17.4 Å². The molecule has 0 saturated carbocycles. The summed E-state index contributed by atoms with van der Waals surface area (Å²) in [6, 6.07) is 18.1. The molecule has 0 unspecified atom stereocenters. The number of carbonyl (C=O) groups excluding carboxylic acids is 1. The van der Waals surface area contributed by atoms with Crippen LogP contribution in [0.2, 0.25) is 0 Å². The summed E-state index contributed by atoms with van der Waals surface area (Å²) in [5.41, 5.74) is 2.03. The fourth-order valence-electron chi connectivity index (χ4n) is 2.60. The van der Waals surface area contributed by atoms with Crippen molar-refractivity contribution in [1.29, 1.82) is 0 Å². The molecule has 23 heavy (non-hydrogen) atoms. The van der Waals surface area contributed by atoms with Gasteiger partial charge in [-0.3, -0.25) is 4.79 Å². The Kier molecular flexibility index (Phi) is 5.43. The van der Waals surface area contributed by atoms with Gasteiger partial charge in [-0.25, -0.2) is 0 Å². The molecule has 122 valence electrons. The van der Waals surface area contributed by atoms with Crippen LogP contribution in [0.3, 0.4) is 0 Å². The number of hydrogen-bond acceptors (Lipinski definition) is 2. The third-order valence-corrected chi connectivity index (χ3v) is 3.62. The Morgan fingerprint density at radius 1 is 1.00 bits per heavy atom. The van der Waals surface area contributed by atoms with Crippen LogP contribution in [-0.2, 0) is 4.79 Å². The first-order valence-corrected chi connectivity index (χ1v) is 7.89. The molecular weight excluding hydrogens is 286 g/mol. The van der Waals surface area contributed by atoms with Crippen LogP contribution < -0.4 is 10.1 Å². The van der Waals surface area contributed by atoms with Gasteiger partial charge in [0.15, 0.2) is 0 Å². The summed E-state index contributed by atoms with van der Waals surface area (Å²) >= 11 is 0. The molecule has 3 nitrogen and oxygen atoms in total. The summed E-state index contributed by atoms with van der Waals surface area (Å²) in [4.78, 5) is 12.4. The van der Waals surface area contributed by atoms with Gasteiger partial charge in [-0.05, 0) is 44.0 Å². The first-order chi connectivity index (χ1) is 10.9. The second kappa shape index (κ2) is 7.32. The summed E-state index contributed by atoms with van der Waals surface area (Å²) < 4.78 is 5.22. The predicted octanol–water partition coefficient (Wildman–Crippen LogP) is 4.13. The first kappa shape index (κ1) is 17.1. The highest BCUT2D eigenvalue weighted by Crippen LogP contribution is 2.29. The zero-order valence-electron chi connectivity index (χ0n) is 14.3. The van der Waals surface area contributed by atoms with Crippen molar-refractivity contribution >= 4 is 5.91 Å². The van der Waals surface area contributed by atoms with Crippen molar-refractivity contribution in [3.8, 4) is 5.75 Å². The second-order valence-electron chi connectivity index (χ2n) is 6.74. The van der Waals surface area contributed by atoms with Gasteiger partial charge in [0.05, 0.1) is 7.11 Å². The van der Waals surface area contributed by atoms with Gasteiger partial charge in [-0.2, -0.15) is 0 Å². The average molecular weight is 311 g/mol. The van der Waals surface area contributed by atoms with Crippen molar-refractivity contribution in [3.63, 3.8) is 0 Å². The molecule has 2 rings (SSSR count). The minimum atomic E-state index is -0.224. The van der Waals surface area contributed by atoms with Gasteiger partial charge in [0.25, 0.3) is 0 Å². The number of methoxy groups -OCH3 is 1. The Morgan fingerprint density at radius 2 is 1.57 bits per heavy atom. The highest BCUT2D eigenvalue weighted by Gasteiger charge is 2.21. The van der Waals surface area contributed by atoms with E-state index in [4.69, 9.17) is 4.74 Å². The van der Waals surface area contributed by atoms with Crippen LogP contribution in [0.1, 0.15) is 44.2 Å². The van der Waals surface area contributed by atoms with E-state index in [0.29, 0.717) is 6.42 Å². The van der Waals surface area contributed by atoms with Gasteiger partial charge >= 0.3 is 0 Å². The summed E-state index contributed by atoms with van der Waals surface area (Å²) in [7, 11) is 1.65. The molecular formula is C20H25NO2. The van der Waals surface area contributed by atoms with Crippen molar-refractivity contribution in [3.05, 3.63) is 65.7 Å². The third-order valence-electron chi connectivity index (χ3n) is 3.62. The average Bonchev–Trinajstić information content (AvgIpc) is 2.52. The lowest BCUT2D eigenvalue weighted by atomic mass is 9.88. The quantitative estimate of drug-likeness (QED) is 0.901. The Balaban J connectivity index is 2.27. The van der Waals surface area contributed by atoms with Crippen LogP contribution in [0.25, 0.3) is 0 Å². The predicted molar refractivity (Wildman–Crippen MR) is 93.8 cm³/mol. The van der Waals surface area contributed by atoms with E-state index in [9.17, 15) is 4.79 Å². The van der Waals surface area contributed by atoms with E-state index >= 15 is 0 Å². The number of benzene rings is 2. The van der Waals surface area contributed by atoms with Crippen molar-refractivity contribution in [1.82, 2.24) is 5.32 Å². The van der Waals surface area contributed by atoms with Gasteiger partial charge in [0.2, 0.25) is 5.91 Å². The minimum absolute atomic E-state index is 0.0319. The summed E-state index contributed by atoms with van der Waals surface area (Å²) in [6.45, 7) is 5.99. The van der Waals surface area contributed by atoms with Crippen LogP contribution in [0, 0.1) is 0 Å². The molecule has 0 aliphatic rings. The molecule has 0 aromatic heterocycles. The number of ether oxygens (including phenoxy) is 1. The van der Waals surface area contributed by atoms with Gasteiger partial charge in [-0.15, -0.1) is 0 Å². The van der Waals surface area contributed by atoms with E-state index in [1.165, 1.54) is 0 Å². The van der Waals surface area contributed by atoms with Crippen LogP contribution >= 0.6 is 0 Å².